The van der Waals surface area contributed by atoms with Crippen molar-refractivity contribution in [3.8, 4) is 11.5 Å². The molecule has 0 radical (unpaired) electrons. The lowest BCUT2D eigenvalue weighted by Gasteiger charge is -2.24. The van der Waals surface area contributed by atoms with Crippen LogP contribution >= 0.6 is 11.3 Å². The Morgan fingerprint density at radius 3 is 2.73 bits per heavy atom. The Kier molecular flexibility index (Phi) is 2.10. The zero-order valence-corrected chi connectivity index (χ0v) is 8.87. The number of rotatable bonds is 1. The summed E-state index contributed by atoms with van der Waals surface area (Å²) in [5.41, 5.74) is 1.16. The molecule has 0 saturated heterocycles. The van der Waals surface area contributed by atoms with Gasteiger partial charge in [0.15, 0.2) is 17.6 Å². The molecule has 0 amide bonds. The predicted octanol–water partition coefficient (Wildman–Crippen LogP) is 3.26. The van der Waals surface area contributed by atoms with Crippen molar-refractivity contribution in [1.29, 1.82) is 0 Å². The first-order valence-electron chi connectivity index (χ1n) is 4.84. The van der Waals surface area contributed by atoms with Gasteiger partial charge in [-0.1, -0.05) is 30.3 Å². The van der Waals surface area contributed by atoms with Crippen molar-refractivity contribution in [2.24, 2.45) is 0 Å². The van der Waals surface area contributed by atoms with Gasteiger partial charge in [-0.3, -0.25) is 0 Å². The van der Waals surface area contributed by atoms with Gasteiger partial charge < -0.3 is 9.47 Å². The van der Waals surface area contributed by atoms with Crippen LogP contribution in [0.3, 0.4) is 0 Å². The summed E-state index contributed by atoms with van der Waals surface area (Å²) in [6.07, 6.45) is 0.0216. The first kappa shape index (κ1) is 8.80. The standard InChI is InChI=1S/C12H10O2S/c1-2-4-9(5-3-1)10-6-13-11-7-15-8-12(11)14-10/h1-5,7-8,10H,6H2. The average Bonchev–Trinajstić information content (AvgIpc) is 2.77. The SMILES string of the molecule is c1ccc(C2COc3cscc3O2)cc1. The summed E-state index contributed by atoms with van der Waals surface area (Å²) in [5, 5.41) is 3.95. The van der Waals surface area contributed by atoms with E-state index in [0.29, 0.717) is 6.61 Å². The Bertz CT molecular complexity index is 450. The van der Waals surface area contributed by atoms with Crippen molar-refractivity contribution in [2.75, 3.05) is 6.61 Å². The molecule has 1 aliphatic heterocycles. The van der Waals surface area contributed by atoms with Crippen LogP contribution in [0.1, 0.15) is 11.7 Å². The van der Waals surface area contributed by atoms with Gasteiger partial charge in [-0.2, -0.15) is 0 Å². The molecule has 0 N–H and O–H groups in total. The lowest BCUT2D eigenvalue weighted by molar-refractivity contribution is 0.0927. The molecule has 76 valence electrons. The van der Waals surface area contributed by atoms with E-state index in [1.807, 2.05) is 29.0 Å². The van der Waals surface area contributed by atoms with E-state index in [2.05, 4.69) is 12.1 Å². The van der Waals surface area contributed by atoms with Crippen LogP contribution < -0.4 is 9.47 Å². The molecule has 3 rings (SSSR count). The minimum absolute atomic E-state index is 0.0216. The predicted molar refractivity (Wildman–Crippen MR) is 59.6 cm³/mol. The zero-order valence-electron chi connectivity index (χ0n) is 8.05. The molecule has 1 unspecified atom stereocenters. The first-order chi connectivity index (χ1) is 7.43. The number of ether oxygens (including phenoxy) is 2. The summed E-state index contributed by atoms with van der Waals surface area (Å²) in [6, 6.07) is 10.2. The van der Waals surface area contributed by atoms with Crippen molar-refractivity contribution in [3.63, 3.8) is 0 Å². The van der Waals surface area contributed by atoms with Gasteiger partial charge in [-0.05, 0) is 5.56 Å². The number of fused-ring (bicyclic) bond motifs is 1. The summed E-state index contributed by atoms with van der Waals surface area (Å²) >= 11 is 1.60. The largest absolute Gasteiger partial charge is 0.485 e. The molecule has 0 fully saturated rings. The smallest absolute Gasteiger partial charge is 0.173 e. The molecule has 0 bridgehead atoms. The molecule has 1 aromatic carbocycles. The van der Waals surface area contributed by atoms with Crippen LogP contribution in [0.5, 0.6) is 11.5 Å². The fourth-order valence-corrected chi connectivity index (χ4v) is 2.32. The van der Waals surface area contributed by atoms with E-state index in [9.17, 15) is 0 Å². The van der Waals surface area contributed by atoms with Gasteiger partial charge in [-0.15, -0.1) is 11.3 Å². The Balaban J connectivity index is 1.88. The lowest BCUT2D eigenvalue weighted by atomic mass is 10.1. The van der Waals surface area contributed by atoms with Gasteiger partial charge in [0.05, 0.1) is 0 Å². The molecule has 2 nitrogen and oxygen atoms in total. The van der Waals surface area contributed by atoms with Crippen molar-refractivity contribution in [1.82, 2.24) is 0 Å². The molecule has 0 aliphatic carbocycles. The Morgan fingerprint density at radius 2 is 1.87 bits per heavy atom. The molecule has 15 heavy (non-hydrogen) atoms. The van der Waals surface area contributed by atoms with Crippen LogP contribution in [0, 0.1) is 0 Å². The third-order valence-electron chi connectivity index (χ3n) is 2.42. The normalized spacial score (nSPS) is 18.8. The second-order valence-electron chi connectivity index (χ2n) is 3.43. The van der Waals surface area contributed by atoms with Gasteiger partial charge in [0.2, 0.25) is 0 Å². The number of hydrogen-bond acceptors (Lipinski definition) is 3. The molecule has 1 aliphatic rings. The van der Waals surface area contributed by atoms with Crippen molar-refractivity contribution < 1.29 is 9.47 Å². The quantitative estimate of drug-likeness (QED) is 0.731. The van der Waals surface area contributed by atoms with Crippen LogP contribution in [-0.4, -0.2) is 6.61 Å². The highest BCUT2D eigenvalue weighted by Crippen LogP contribution is 2.38. The molecule has 0 saturated carbocycles. The molecule has 2 aromatic rings. The molecule has 0 spiro atoms. The molecule has 3 heteroatoms. The van der Waals surface area contributed by atoms with Crippen LogP contribution in [0.4, 0.5) is 0 Å². The summed E-state index contributed by atoms with van der Waals surface area (Å²) in [7, 11) is 0. The minimum Gasteiger partial charge on any atom is -0.485 e. The van der Waals surface area contributed by atoms with E-state index in [0.717, 1.165) is 17.1 Å². The first-order valence-corrected chi connectivity index (χ1v) is 5.78. The van der Waals surface area contributed by atoms with E-state index in [1.165, 1.54) is 0 Å². The lowest BCUT2D eigenvalue weighted by Crippen LogP contribution is -2.20. The van der Waals surface area contributed by atoms with Crippen LogP contribution in [0.2, 0.25) is 0 Å². The van der Waals surface area contributed by atoms with E-state index in [-0.39, 0.29) is 6.10 Å². The van der Waals surface area contributed by atoms with Crippen molar-refractivity contribution in [3.05, 3.63) is 46.7 Å². The minimum atomic E-state index is 0.0216. The summed E-state index contributed by atoms with van der Waals surface area (Å²) in [4.78, 5) is 0. The van der Waals surface area contributed by atoms with Gasteiger partial charge in [0.1, 0.15) is 6.61 Å². The molecule has 1 aromatic heterocycles. The van der Waals surface area contributed by atoms with Crippen LogP contribution in [-0.2, 0) is 0 Å². The number of hydrogen-bond donors (Lipinski definition) is 0. The van der Waals surface area contributed by atoms with Gasteiger partial charge in [0.25, 0.3) is 0 Å². The number of benzene rings is 1. The average molecular weight is 218 g/mol. The van der Waals surface area contributed by atoms with Crippen molar-refractivity contribution >= 4 is 11.3 Å². The van der Waals surface area contributed by atoms with Gasteiger partial charge in [-0.25, -0.2) is 0 Å². The Hall–Kier alpha value is -1.48. The second kappa shape index (κ2) is 3.59. The van der Waals surface area contributed by atoms with Gasteiger partial charge in [0, 0.05) is 10.8 Å². The highest BCUT2D eigenvalue weighted by atomic mass is 32.1. The summed E-state index contributed by atoms with van der Waals surface area (Å²) in [6.45, 7) is 0.591. The fraction of sp³-hybridized carbons (Fsp3) is 0.167. The van der Waals surface area contributed by atoms with Crippen molar-refractivity contribution in [2.45, 2.75) is 6.10 Å². The third-order valence-corrected chi connectivity index (χ3v) is 3.12. The summed E-state index contributed by atoms with van der Waals surface area (Å²) in [5.74, 6) is 1.73. The Morgan fingerprint density at radius 1 is 1.07 bits per heavy atom. The van der Waals surface area contributed by atoms with Crippen LogP contribution in [0.15, 0.2) is 41.1 Å². The number of thiophene rings is 1. The second-order valence-corrected chi connectivity index (χ2v) is 4.17. The van der Waals surface area contributed by atoms with E-state index in [4.69, 9.17) is 9.47 Å². The maximum absolute atomic E-state index is 5.84. The fourth-order valence-electron chi connectivity index (χ4n) is 1.65. The monoisotopic (exact) mass is 218 g/mol. The summed E-state index contributed by atoms with van der Waals surface area (Å²) < 4.78 is 11.5. The molecule has 1 atom stereocenters. The maximum atomic E-state index is 5.84. The van der Waals surface area contributed by atoms with E-state index in [1.54, 1.807) is 11.3 Å². The third kappa shape index (κ3) is 1.59. The highest BCUT2D eigenvalue weighted by Gasteiger charge is 2.22. The van der Waals surface area contributed by atoms with E-state index < -0.39 is 0 Å². The zero-order chi connectivity index (χ0) is 10.1. The maximum Gasteiger partial charge on any atom is 0.173 e. The van der Waals surface area contributed by atoms with E-state index >= 15 is 0 Å². The van der Waals surface area contributed by atoms with Crippen LogP contribution in [0.25, 0.3) is 0 Å². The highest BCUT2D eigenvalue weighted by molar-refractivity contribution is 7.08. The molecular weight excluding hydrogens is 208 g/mol. The van der Waals surface area contributed by atoms with Gasteiger partial charge >= 0.3 is 0 Å². The molecule has 2 heterocycles. The topological polar surface area (TPSA) is 18.5 Å². The Labute approximate surface area is 92.1 Å². The molecular formula is C12H10O2S.